The van der Waals surface area contributed by atoms with Crippen LogP contribution in [0.4, 0.5) is 5.69 Å². The van der Waals surface area contributed by atoms with Crippen LogP contribution in [-0.4, -0.2) is 60.7 Å². The van der Waals surface area contributed by atoms with Crippen LogP contribution in [0.1, 0.15) is 25.3 Å². The molecular formula is C22H26N2O4. The first-order chi connectivity index (χ1) is 13.4. The number of carbonyl (C=O) groups is 1. The van der Waals surface area contributed by atoms with Crippen LogP contribution in [0.2, 0.25) is 0 Å². The summed E-state index contributed by atoms with van der Waals surface area (Å²) in [6.45, 7) is 2.37. The molecule has 2 unspecified atom stereocenters. The van der Waals surface area contributed by atoms with Gasteiger partial charge in [-0.2, -0.15) is 0 Å². The average Bonchev–Trinajstić information content (AvgIpc) is 3.08. The molecule has 0 radical (unpaired) electrons. The molecule has 1 aliphatic carbocycles. The van der Waals surface area contributed by atoms with Crippen molar-refractivity contribution in [2.24, 2.45) is 11.3 Å². The van der Waals surface area contributed by atoms with Crippen molar-refractivity contribution in [1.29, 1.82) is 0 Å². The number of fused-ring (bicyclic) bond motifs is 2. The minimum Gasteiger partial charge on any atom is -0.632 e. The Morgan fingerprint density at radius 2 is 2.18 bits per heavy atom. The zero-order valence-corrected chi connectivity index (χ0v) is 16.5. The molecule has 1 aromatic rings. The Morgan fingerprint density at radius 1 is 1.43 bits per heavy atom. The van der Waals surface area contributed by atoms with Crippen molar-refractivity contribution in [2.75, 3.05) is 25.6 Å². The number of hydrogen-bond acceptors (Lipinski definition) is 5. The van der Waals surface area contributed by atoms with E-state index in [4.69, 9.17) is 4.74 Å². The monoisotopic (exact) mass is 382 g/mol. The lowest BCUT2D eigenvalue weighted by atomic mass is 9.58. The van der Waals surface area contributed by atoms with E-state index in [1.54, 1.807) is 0 Å². The van der Waals surface area contributed by atoms with E-state index in [0.717, 1.165) is 16.8 Å². The Balaban J connectivity index is 1.70. The van der Waals surface area contributed by atoms with E-state index >= 15 is 0 Å². The normalized spacial score (nSPS) is 50.8. The molecule has 5 fully saturated rings. The first-order valence-electron chi connectivity index (χ1n) is 10.2. The van der Waals surface area contributed by atoms with Crippen LogP contribution >= 0.6 is 0 Å². The third-order valence-corrected chi connectivity index (χ3v) is 9.05. The number of aliphatic hydroxyl groups is 1. The standard InChI is InChI=1S/C22H26N2O4/c1-4-12-11-24(27)16-9-14(12)22(20(26)28-3)17(24)10-21(19(22)25)13-7-5-6-8-15(13)23(2)18(16)21/h4-8,14,16-19,25H,9-11H2,1-3H3/b12-4+/t14-,16-,17-,18+,19?,21+,22-,24?/m0/s1. The summed E-state index contributed by atoms with van der Waals surface area (Å²) in [6.07, 6.45) is 2.25. The van der Waals surface area contributed by atoms with E-state index in [-0.39, 0.29) is 18.0 Å². The second-order valence-corrected chi connectivity index (χ2v) is 9.39. The number of aliphatic hydroxyl groups excluding tert-OH is 1. The van der Waals surface area contributed by atoms with Crippen molar-refractivity contribution >= 4 is 11.7 Å². The molecule has 0 aromatic heterocycles. The van der Waals surface area contributed by atoms with Gasteiger partial charge in [0.25, 0.3) is 0 Å². The zero-order chi connectivity index (χ0) is 19.6. The fraction of sp³-hybridized carbons (Fsp3) is 0.591. The molecule has 1 aromatic carbocycles. The number of methoxy groups -OCH3 is 1. The molecule has 1 N–H and O–H groups in total. The molecular weight excluding hydrogens is 356 g/mol. The van der Waals surface area contributed by atoms with Gasteiger partial charge in [0, 0.05) is 31.5 Å². The van der Waals surface area contributed by atoms with Crippen LogP contribution in [0.25, 0.3) is 0 Å². The van der Waals surface area contributed by atoms with Gasteiger partial charge < -0.3 is 24.6 Å². The van der Waals surface area contributed by atoms with E-state index in [1.165, 1.54) is 7.11 Å². The van der Waals surface area contributed by atoms with Gasteiger partial charge in [0.1, 0.15) is 18.6 Å². The van der Waals surface area contributed by atoms with E-state index in [9.17, 15) is 15.1 Å². The highest BCUT2D eigenvalue weighted by Gasteiger charge is 2.87. The van der Waals surface area contributed by atoms with E-state index < -0.39 is 33.6 Å². The molecule has 5 heterocycles. The van der Waals surface area contributed by atoms with Crippen molar-refractivity contribution in [3.8, 4) is 0 Å². The Bertz CT molecular complexity index is 946. The molecule has 6 nitrogen and oxygen atoms in total. The van der Waals surface area contributed by atoms with Crippen LogP contribution in [-0.2, 0) is 14.9 Å². The maximum atomic E-state index is 14.4. The highest BCUT2D eigenvalue weighted by atomic mass is 16.6. The van der Waals surface area contributed by atoms with Crippen LogP contribution in [0.15, 0.2) is 35.9 Å². The van der Waals surface area contributed by atoms with Crippen LogP contribution in [0.3, 0.4) is 0 Å². The van der Waals surface area contributed by atoms with Crippen molar-refractivity contribution in [1.82, 2.24) is 0 Å². The Morgan fingerprint density at radius 3 is 2.89 bits per heavy atom. The van der Waals surface area contributed by atoms with Gasteiger partial charge in [-0.05, 0) is 24.1 Å². The summed E-state index contributed by atoms with van der Waals surface area (Å²) in [7, 11) is 3.43. The zero-order valence-electron chi connectivity index (χ0n) is 16.5. The van der Waals surface area contributed by atoms with E-state index in [0.29, 0.717) is 19.4 Å². The molecule has 1 spiro atoms. The number of ether oxygens (including phenoxy) is 1. The molecule has 1 saturated carbocycles. The summed E-state index contributed by atoms with van der Waals surface area (Å²) >= 11 is 0. The number of benzene rings is 1. The number of carbonyl (C=O) groups excluding carboxylic acids is 1. The number of para-hydroxylation sites is 1. The minimum absolute atomic E-state index is 0.0939. The topological polar surface area (TPSA) is 72.8 Å². The maximum Gasteiger partial charge on any atom is 0.321 e. The Hall–Kier alpha value is -1.89. The molecule has 5 aliphatic heterocycles. The predicted molar refractivity (Wildman–Crippen MR) is 103 cm³/mol. The van der Waals surface area contributed by atoms with Gasteiger partial charge in [-0.1, -0.05) is 24.3 Å². The van der Waals surface area contributed by atoms with Crippen LogP contribution < -0.4 is 4.90 Å². The second-order valence-electron chi connectivity index (χ2n) is 9.39. The Labute approximate surface area is 164 Å². The number of piperidine rings is 4. The minimum atomic E-state index is -1.15. The predicted octanol–water partition coefficient (Wildman–Crippen LogP) is 1.71. The first-order valence-corrected chi connectivity index (χ1v) is 10.2. The molecule has 28 heavy (non-hydrogen) atoms. The SMILES string of the molecule is C/C=C1\C[N+]2([O-])[C@H]3C[C@@H]1[C@@]1(C(=O)OC)C(O)[C@]4(C[C@@H]12)c1ccccc1N(C)[C@H]34. The lowest BCUT2D eigenvalue weighted by molar-refractivity contribution is -0.950. The Kier molecular flexibility index (Phi) is 2.92. The number of rotatable bonds is 1. The molecule has 6 aliphatic rings. The average molecular weight is 382 g/mol. The smallest absolute Gasteiger partial charge is 0.321 e. The van der Waals surface area contributed by atoms with Gasteiger partial charge in [0.15, 0.2) is 5.41 Å². The highest BCUT2D eigenvalue weighted by molar-refractivity contribution is 5.83. The first kappa shape index (κ1) is 17.0. The van der Waals surface area contributed by atoms with Gasteiger partial charge >= 0.3 is 5.97 Å². The fourth-order valence-corrected chi connectivity index (χ4v) is 8.27. The summed E-state index contributed by atoms with van der Waals surface area (Å²) in [6, 6.07) is 7.47. The lowest BCUT2D eigenvalue weighted by Crippen LogP contribution is -2.79. The molecule has 6 heteroatoms. The number of likely N-dealkylation sites (N-methyl/N-ethyl adjacent to an activating group) is 1. The molecule has 0 amide bonds. The third kappa shape index (κ3) is 1.37. The number of hydrogen-bond donors (Lipinski definition) is 1. The second kappa shape index (κ2) is 4.81. The number of nitrogens with zero attached hydrogens (tertiary/aromatic N) is 2. The molecule has 148 valence electrons. The highest BCUT2D eigenvalue weighted by Crippen LogP contribution is 2.74. The van der Waals surface area contributed by atoms with Gasteiger partial charge in [-0.25, -0.2) is 0 Å². The van der Waals surface area contributed by atoms with Gasteiger partial charge in [-0.3, -0.25) is 4.79 Å². The van der Waals surface area contributed by atoms with Crippen LogP contribution in [0.5, 0.6) is 0 Å². The lowest BCUT2D eigenvalue weighted by Gasteiger charge is -2.69. The largest absolute Gasteiger partial charge is 0.632 e. The van der Waals surface area contributed by atoms with Gasteiger partial charge in [0.05, 0.1) is 24.7 Å². The molecule has 5 bridgehead atoms. The molecule has 4 saturated heterocycles. The van der Waals surface area contributed by atoms with Gasteiger partial charge in [0.2, 0.25) is 0 Å². The maximum absolute atomic E-state index is 14.4. The van der Waals surface area contributed by atoms with E-state index in [2.05, 4.69) is 17.0 Å². The third-order valence-electron chi connectivity index (χ3n) is 9.05. The number of allylic oxidation sites excluding steroid dienone is 1. The number of anilines is 1. The van der Waals surface area contributed by atoms with Crippen LogP contribution in [0, 0.1) is 16.5 Å². The summed E-state index contributed by atoms with van der Waals surface area (Å²) < 4.78 is 4.90. The van der Waals surface area contributed by atoms with E-state index in [1.807, 2.05) is 32.2 Å². The molecule has 7 rings (SSSR count). The quantitative estimate of drug-likeness (QED) is 0.347. The molecule has 8 atom stereocenters. The van der Waals surface area contributed by atoms with Crippen molar-refractivity contribution < 1.29 is 19.3 Å². The fourth-order valence-electron chi connectivity index (χ4n) is 8.27. The summed E-state index contributed by atoms with van der Waals surface area (Å²) in [5.74, 6) is -0.523. The summed E-state index contributed by atoms with van der Waals surface area (Å²) in [5, 5.41) is 26.4. The number of esters is 1. The number of quaternary nitrogens is 1. The van der Waals surface area contributed by atoms with Crippen molar-refractivity contribution in [2.45, 2.75) is 49.4 Å². The van der Waals surface area contributed by atoms with Crippen molar-refractivity contribution in [3.63, 3.8) is 0 Å². The summed E-state index contributed by atoms with van der Waals surface area (Å²) in [4.78, 5) is 15.6. The summed E-state index contributed by atoms with van der Waals surface area (Å²) in [5.41, 5.74) is 1.44. The van der Waals surface area contributed by atoms with Crippen molar-refractivity contribution in [3.05, 3.63) is 46.7 Å². The number of hydroxylamine groups is 3. The van der Waals surface area contributed by atoms with Gasteiger partial charge in [-0.15, -0.1) is 0 Å².